The summed E-state index contributed by atoms with van der Waals surface area (Å²) in [4.78, 5) is 15.1. The molecule has 3 aromatic rings. The molecule has 1 aliphatic rings. The van der Waals surface area contributed by atoms with Gasteiger partial charge < -0.3 is 15.4 Å². The summed E-state index contributed by atoms with van der Waals surface area (Å²) in [5, 5.41) is 11.4. The second kappa shape index (κ2) is 8.16. The molecular formula is C22H18F6N2O2. The smallest absolute Gasteiger partial charge is 0.382 e. The zero-order valence-corrected chi connectivity index (χ0v) is 16.4. The highest BCUT2D eigenvalue weighted by Gasteiger charge is 2.41. The number of fused-ring (bicyclic) bond motifs is 1. The number of amides is 1. The maximum absolute atomic E-state index is 14.4. The summed E-state index contributed by atoms with van der Waals surface area (Å²) in [7, 11) is 0. The SMILES string of the molecule is O=C(NC[C@@H](O)C(F)(F)F)C1CC(c2c(-c3ccc(F)cc3)[nH]c3c(F)cc(F)cc23)C1. The molecule has 0 spiro atoms. The molecule has 1 saturated carbocycles. The van der Waals surface area contributed by atoms with Crippen LogP contribution in [0.25, 0.3) is 22.2 Å². The van der Waals surface area contributed by atoms with E-state index in [2.05, 4.69) is 10.3 Å². The number of rotatable bonds is 5. The lowest BCUT2D eigenvalue weighted by Gasteiger charge is -2.35. The van der Waals surface area contributed by atoms with Crippen LogP contribution in [-0.4, -0.2) is 34.8 Å². The molecule has 4 nitrogen and oxygen atoms in total. The fourth-order valence-corrected chi connectivity index (χ4v) is 4.03. The molecule has 2 aromatic carbocycles. The average Bonchev–Trinajstić information content (AvgIpc) is 3.04. The van der Waals surface area contributed by atoms with Gasteiger partial charge in [0, 0.05) is 17.4 Å². The summed E-state index contributed by atoms with van der Waals surface area (Å²) in [6.45, 7) is -0.951. The van der Waals surface area contributed by atoms with E-state index in [1.54, 1.807) is 0 Å². The maximum Gasteiger partial charge on any atom is 0.416 e. The van der Waals surface area contributed by atoms with E-state index in [1.807, 2.05) is 0 Å². The predicted octanol–water partition coefficient (Wildman–Crippen LogP) is 4.79. The first-order chi connectivity index (χ1) is 15.0. The highest BCUT2D eigenvalue weighted by molar-refractivity contribution is 5.92. The molecule has 0 unspecified atom stereocenters. The van der Waals surface area contributed by atoms with E-state index in [-0.39, 0.29) is 29.7 Å². The number of aliphatic hydroxyl groups excluding tert-OH is 1. The lowest BCUT2D eigenvalue weighted by atomic mass is 9.70. The van der Waals surface area contributed by atoms with Crippen molar-refractivity contribution in [2.75, 3.05) is 6.54 Å². The molecule has 4 rings (SSSR count). The van der Waals surface area contributed by atoms with Crippen LogP contribution in [0.4, 0.5) is 26.3 Å². The highest BCUT2D eigenvalue weighted by atomic mass is 19.4. The lowest BCUT2D eigenvalue weighted by molar-refractivity contribution is -0.202. The van der Waals surface area contributed by atoms with Gasteiger partial charge in [-0.15, -0.1) is 0 Å². The van der Waals surface area contributed by atoms with Crippen LogP contribution < -0.4 is 5.32 Å². The highest BCUT2D eigenvalue weighted by Crippen LogP contribution is 2.48. The van der Waals surface area contributed by atoms with Crippen LogP contribution in [0.2, 0.25) is 0 Å². The van der Waals surface area contributed by atoms with Crippen molar-refractivity contribution in [2.45, 2.75) is 31.0 Å². The van der Waals surface area contributed by atoms with Crippen molar-refractivity contribution in [3.63, 3.8) is 0 Å². The number of benzene rings is 2. The molecule has 1 aromatic heterocycles. The van der Waals surface area contributed by atoms with Crippen molar-refractivity contribution in [1.29, 1.82) is 0 Å². The Morgan fingerprint density at radius 2 is 1.75 bits per heavy atom. The Hall–Kier alpha value is -3.01. The number of carbonyl (C=O) groups excluding carboxylic acids is 1. The standard InChI is InChI=1S/C22H18F6N2O2/c23-13-3-1-10(2-4-13)19-18(15-7-14(24)8-16(25)20(15)30-19)11-5-12(6-11)21(32)29-9-17(31)22(26,27)28/h1-4,7-8,11-12,17,30-31H,5-6,9H2,(H,29,32)/t11?,12?,17-/m1/s1. The quantitative estimate of drug-likeness (QED) is 0.484. The fraction of sp³-hybridized carbons (Fsp3) is 0.318. The Balaban J connectivity index is 1.59. The zero-order valence-electron chi connectivity index (χ0n) is 16.4. The minimum absolute atomic E-state index is 0.0712. The van der Waals surface area contributed by atoms with E-state index < -0.39 is 48.1 Å². The van der Waals surface area contributed by atoms with Crippen LogP contribution >= 0.6 is 0 Å². The fourth-order valence-electron chi connectivity index (χ4n) is 4.03. The van der Waals surface area contributed by atoms with Crippen molar-refractivity contribution < 1.29 is 36.2 Å². The van der Waals surface area contributed by atoms with Crippen LogP contribution in [0, 0.1) is 23.4 Å². The minimum atomic E-state index is -4.84. The third-order valence-electron chi connectivity index (χ3n) is 5.76. The summed E-state index contributed by atoms with van der Waals surface area (Å²) in [6, 6.07) is 7.33. The van der Waals surface area contributed by atoms with Crippen molar-refractivity contribution in [2.24, 2.45) is 5.92 Å². The Morgan fingerprint density at radius 3 is 2.38 bits per heavy atom. The zero-order chi connectivity index (χ0) is 23.2. The third kappa shape index (κ3) is 4.19. The first-order valence-corrected chi connectivity index (χ1v) is 9.83. The minimum Gasteiger partial charge on any atom is -0.382 e. The van der Waals surface area contributed by atoms with Gasteiger partial charge in [0.2, 0.25) is 5.91 Å². The van der Waals surface area contributed by atoms with Crippen LogP contribution in [0.3, 0.4) is 0 Å². The third-order valence-corrected chi connectivity index (χ3v) is 5.76. The van der Waals surface area contributed by atoms with Crippen LogP contribution in [0.1, 0.15) is 24.3 Å². The summed E-state index contributed by atoms with van der Waals surface area (Å²) < 4.78 is 78.8. The topological polar surface area (TPSA) is 65.1 Å². The molecule has 0 radical (unpaired) electrons. The maximum atomic E-state index is 14.4. The lowest BCUT2D eigenvalue weighted by Crippen LogP contribution is -2.45. The van der Waals surface area contributed by atoms with Gasteiger partial charge in [-0.3, -0.25) is 4.79 Å². The van der Waals surface area contributed by atoms with Gasteiger partial charge in [0.25, 0.3) is 0 Å². The summed E-state index contributed by atoms with van der Waals surface area (Å²) >= 11 is 0. The number of nitrogens with one attached hydrogen (secondary N) is 2. The predicted molar refractivity (Wildman–Crippen MR) is 104 cm³/mol. The number of hydrogen-bond donors (Lipinski definition) is 3. The van der Waals surface area contributed by atoms with Crippen LogP contribution in [-0.2, 0) is 4.79 Å². The van der Waals surface area contributed by atoms with Crippen molar-refractivity contribution in [3.05, 3.63) is 59.4 Å². The first kappa shape index (κ1) is 22.2. The summed E-state index contributed by atoms with van der Waals surface area (Å²) in [6.07, 6.45) is -7.01. The molecule has 10 heteroatoms. The second-order valence-corrected chi connectivity index (χ2v) is 7.90. The number of aromatic amines is 1. The molecule has 1 heterocycles. The number of carbonyl (C=O) groups is 1. The molecule has 170 valence electrons. The van der Waals surface area contributed by atoms with E-state index >= 15 is 0 Å². The normalized spacial score (nSPS) is 19.6. The molecule has 32 heavy (non-hydrogen) atoms. The molecule has 1 aliphatic carbocycles. The van der Waals surface area contributed by atoms with Gasteiger partial charge in [0.1, 0.15) is 17.5 Å². The van der Waals surface area contributed by atoms with Gasteiger partial charge in [0.05, 0.1) is 17.8 Å². The summed E-state index contributed by atoms with van der Waals surface area (Å²) in [5.74, 6) is -3.59. The Morgan fingerprint density at radius 1 is 1.09 bits per heavy atom. The number of aliphatic hydroxyl groups is 1. The Labute approximate surface area is 178 Å². The van der Waals surface area contributed by atoms with Gasteiger partial charge in [0.15, 0.2) is 6.10 Å². The molecule has 0 aliphatic heterocycles. The van der Waals surface area contributed by atoms with E-state index in [4.69, 9.17) is 5.11 Å². The molecule has 0 bridgehead atoms. The van der Waals surface area contributed by atoms with Crippen LogP contribution in [0.5, 0.6) is 0 Å². The van der Waals surface area contributed by atoms with E-state index in [9.17, 15) is 31.1 Å². The molecule has 1 atom stereocenters. The van der Waals surface area contributed by atoms with Crippen molar-refractivity contribution in [1.82, 2.24) is 10.3 Å². The molecule has 1 fully saturated rings. The molecule has 3 N–H and O–H groups in total. The molecular weight excluding hydrogens is 438 g/mol. The van der Waals surface area contributed by atoms with Crippen molar-refractivity contribution >= 4 is 16.8 Å². The van der Waals surface area contributed by atoms with Crippen molar-refractivity contribution in [3.8, 4) is 11.3 Å². The largest absolute Gasteiger partial charge is 0.416 e. The average molecular weight is 456 g/mol. The number of alkyl halides is 3. The summed E-state index contributed by atoms with van der Waals surface area (Å²) in [5.41, 5.74) is 1.63. The van der Waals surface area contributed by atoms with E-state index in [1.165, 1.54) is 30.3 Å². The molecule has 1 amide bonds. The number of hydrogen-bond acceptors (Lipinski definition) is 2. The van der Waals surface area contributed by atoms with Gasteiger partial charge in [-0.2, -0.15) is 13.2 Å². The van der Waals surface area contributed by atoms with Gasteiger partial charge in [-0.1, -0.05) is 0 Å². The van der Waals surface area contributed by atoms with Gasteiger partial charge in [-0.25, -0.2) is 13.2 Å². The van der Waals surface area contributed by atoms with E-state index in [0.717, 1.165) is 6.07 Å². The number of aromatic nitrogens is 1. The van der Waals surface area contributed by atoms with E-state index in [0.29, 0.717) is 16.8 Å². The van der Waals surface area contributed by atoms with Gasteiger partial charge >= 0.3 is 6.18 Å². The second-order valence-electron chi connectivity index (χ2n) is 7.90. The van der Waals surface area contributed by atoms with Crippen LogP contribution in [0.15, 0.2) is 36.4 Å². The first-order valence-electron chi connectivity index (χ1n) is 9.83. The Bertz CT molecular complexity index is 1150. The number of H-pyrrole nitrogens is 1. The molecule has 0 saturated heterocycles. The monoisotopic (exact) mass is 456 g/mol. The number of halogens is 6. The Kier molecular flexibility index (Phi) is 5.66. The van der Waals surface area contributed by atoms with Gasteiger partial charge in [-0.05, 0) is 60.2 Å².